The maximum absolute atomic E-state index is 12.6. The Bertz CT molecular complexity index is 961. The van der Waals surface area contributed by atoms with Gasteiger partial charge in [0.15, 0.2) is 0 Å². The van der Waals surface area contributed by atoms with Gasteiger partial charge in [-0.2, -0.15) is 18.3 Å². The third-order valence-corrected chi connectivity index (χ3v) is 4.50. The highest BCUT2D eigenvalue weighted by molar-refractivity contribution is 5.96. The Balaban J connectivity index is 1.65. The normalized spacial score (nSPS) is 11.5. The van der Waals surface area contributed by atoms with E-state index in [0.717, 1.165) is 29.1 Å². The van der Waals surface area contributed by atoms with Crippen LogP contribution in [-0.2, 0) is 12.6 Å². The van der Waals surface area contributed by atoms with E-state index in [0.29, 0.717) is 24.2 Å². The lowest BCUT2D eigenvalue weighted by atomic mass is 10.1. The Morgan fingerprint density at radius 1 is 1.04 bits per heavy atom. The van der Waals surface area contributed by atoms with Crippen molar-refractivity contribution in [2.24, 2.45) is 0 Å². The molecule has 1 N–H and O–H groups in total. The highest BCUT2D eigenvalue weighted by atomic mass is 19.4. The molecular formula is C21H20F3N3O. The molecule has 7 heteroatoms. The van der Waals surface area contributed by atoms with Gasteiger partial charge >= 0.3 is 6.18 Å². The van der Waals surface area contributed by atoms with E-state index in [-0.39, 0.29) is 5.91 Å². The lowest BCUT2D eigenvalue weighted by Gasteiger charge is -2.09. The number of carbonyl (C=O) groups excluding carboxylic acids is 1. The van der Waals surface area contributed by atoms with Crippen LogP contribution in [0.25, 0.3) is 5.69 Å². The van der Waals surface area contributed by atoms with Crippen molar-refractivity contribution in [1.29, 1.82) is 0 Å². The molecule has 0 atom stereocenters. The van der Waals surface area contributed by atoms with Gasteiger partial charge in [0.05, 0.1) is 28.2 Å². The second kappa shape index (κ2) is 7.88. The van der Waals surface area contributed by atoms with Crippen molar-refractivity contribution >= 4 is 5.91 Å². The number of aromatic nitrogens is 2. The van der Waals surface area contributed by atoms with Gasteiger partial charge in [0.25, 0.3) is 5.91 Å². The Labute approximate surface area is 161 Å². The topological polar surface area (TPSA) is 46.9 Å². The van der Waals surface area contributed by atoms with Crippen LogP contribution in [0.2, 0.25) is 0 Å². The molecule has 28 heavy (non-hydrogen) atoms. The molecule has 0 aliphatic carbocycles. The number of aryl methyl sites for hydroxylation is 1. The van der Waals surface area contributed by atoms with E-state index in [1.54, 1.807) is 11.6 Å². The van der Waals surface area contributed by atoms with Gasteiger partial charge in [-0.1, -0.05) is 30.3 Å². The Kier molecular flexibility index (Phi) is 5.53. The van der Waals surface area contributed by atoms with E-state index in [1.807, 2.05) is 37.3 Å². The van der Waals surface area contributed by atoms with Crippen LogP contribution < -0.4 is 5.32 Å². The molecule has 0 bridgehead atoms. The van der Waals surface area contributed by atoms with Crippen LogP contribution in [0.4, 0.5) is 13.2 Å². The van der Waals surface area contributed by atoms with Crippen LogP contribution in [0.1, 0.15) is 32.9 Å². The van der Waals surface area contributed by atoms with Gasteiger partial charge in [-0.3, -0.25) is 4.79 Å². The molecule has 1 amide bonds. The lowest BCUT2D eigenvalue weighted by molar-refractivity contribution is -0.137. The molecule has 0 aliphatic rings. The highest BCUT2D eigenvalue weighted by Crippen LogP contribution is 2.29. The number of nitrogens with one attached hydrogen (secondary N) is 1. The fourth-order valence-corrected chi connectivity index (χ4v) is 3.06. The van der Waals surface area contributed by atoms with Gasteiger partial charge in [0, 0.05) is 6.54 Å². The molecule has 3 aromatic rings. The van der Waals surface area contributed by atoms with Crippen molar-refractivity contribution in [3.63, 3.8) is 0 Å². The molecule has 0 radical (unpaired) electrons. The molecule has 1 heterocycles. The maximum atomic E-state index is 12.6. The van der Waals surface area contributed by atoms with Crippen molar-refractivity contribution in [2.45, 2.75) is 26.4 Å². The summed E-state index contributed by atoms with van der Waals surface area (Å²) in [4.78, 5) is 12.6. The number of amides is 1. The second-order valence-corrected chi connectivity index (χ2v) is 6.49. The number of rotatable bonds is 5. The Morgan fingerprint density at radius 2 is 1.68 bits per heavy atom. The van der Waals surface area contributed by atoms with Crippen molar-refractivity contribution in [1.82, 2.24) is 15.1 Å². The molecule has 2 aromatic carbocycles. The molecule has 146 valence electrons. The van der Waals surface area contributed by atoms with E-state index >= 15 is 0 Å². The average molecular weight is 387 g/mol. The first-order valence-corrected chi connectivity index (χ1v) is 8.83. The molecule has 0 fully saturated rings. The standard InChI is InChI=1S/C21H20F3N3O/c1-14-19(15(2)27(26-14)18-6-4-3-5-7-18)20(28)25-13-12-16-8-10-17(11-9-16)21(22,23)24/h3-11H,12-13H2,1-2H3,(H,25,28). The number of hydrogen-bond donors (Lipinski definition) is 1. The summed E-state index contributed by atoms with van der Waals surface area (Å²) in [7, 11) is 0. The number of halogens is 3. The molecule has 3 rings (SSSR count). The fraction of sp³-hybridized carbons (Fsp3) is 0.238. The first kappa shape index (κ1) is 19.7. The van der Waals surface area contributed by atoms with Crippen LogP contribution in [0.15, 0.2) is 54.6 Å². The van der Waals surface area contributed by atoms with Crippen LogP contribution in [0, 0.1) is 13.8 Å². The summed E-state index contributed by atoms with van der Waals surface area (Å²) in [6, 6.07) is 14.5. The Morgan fingerprint density at radius 3 is 2.29 bits per heavy atom. The minimum absolute atomic E-state index is 0.246. The zero-order valence-corrected chi connectivity index (χ0v) is 15.5. The van der Waals surface area contributed by atoms with Crippen LogP contribution in [0.3, 0.4) is 0 Å². The third kappa shape index (κ3) is 4.24. The molecule has 0 saturated carbocycles. The van der Waals surface area contributed by atoms with Crippen molar-refractivity contribution in [2.75, 3.05) is 6.54 Å². The third-order valence-electron chi connectivity index (χ3n) is 4.50. The first-order chi connectivity index (χ1) is 13.3. The van der Waals surface area contributed by atoms with E-state index in [1.165, 1.54) is 12.1 Å². The number of carbonyl (C=O) groups is 1. The quantitative estimate of drug-likeness (QED) is 0.702. The number of alkyl halides is 3. The molecule has 0 unspecified atom stereocenters. The largest absolute Gasteiger partial charge is 0.416 e. The molecular weight excluding hydrogens is 367 g/mol. The van der Waals surface area contributed by atoms with Crippen molar-refractivity contribution in [3.05, 3.63) is 82.7 Å². The van der Waals surface area contributed by atoms with Crippen molar-refractivity contribution in [3.8, 4) is 5.69 Å². The van der Waals surface area contributed by atoms with E-state index in [9.17, 15) is 18.0 Å². The maximum Gasteiger partial charge on any atom is 0.416 e. The summed E-state index contributed by atoms with van der Waals surface area (Å²) in [5, 5.41) is 7.27. The predicted molar refractivity (Wildman–Crippen MR) is 101 cm³/mol. The number of hydrogen-bond acceptors (Lipinski definition) is 2. The van der Waals surface area contributed by atoms with Gasteiger partial charge in [-0.15, -0.1) is 0 Å². The van der Waals surface area contributed by atoms with E-state index in [2.05, 4.69) is 10.4 Å². The fourth-order valence-electron chi connectivity index (χ4n) is 3.06. The summed E-state index contributed by atoms with van der Waals surface area (Å²) in [6.07, 6.45) is -3.91. The highest BCUT2D eigenvalue weighted by Gasteiger charge is 2.29. The van der Waals surface area contributed by atoms with Gasteiger partial charge in [-0.25, -0.2) is 4.68 Å². The molecule has 0 spiro atoms. The van der Waals surface area contributed by atoms with Gasteiger partial charge < -0.3 is 5.32 Å². The number of nitrogens with zero attached hydrogens (tertiary/aromatic N) is 2. The van der Waals surface area contributed by atoms with Gasteiger partial charge in [-0.05, 0) is 50.1 Å². The summed E-state index contributed by atoms with van der Waals surface area (Å²) < 4.78 is 39.5. The zero-order valence-electron chi connectivity index (χ0n) is 15.5. The molecule has 1 aromatic heterocycles. The average Bonchev–Trinajstić information content (AvgIpc) is 2.96. The summed E-state index contributed by atoms with van der Waals surface area (Å²) >= 11 is 0. The summed E-state index contributed by atoms with van der Waals surface area (Å²) in [5.41, 5.74) is 2.77. The second-order valence-electron chi connectivity index (χ2n) is 6.49. The molecule has 0 saturated heterocycles. The number of para-hydroxylation sites is 1. The van der Waals surface area contributed by atoms with E-state index < -0.39 is 11.7 Å². The predicted octanol–water partition coefficient (Wildman–Crippen LogP) is 4.48. The first-order valence-electron chi connectivity index (χ1n) is 8.83. The van der Waals surface area contributed by atoms with Crippen molar-refractivity contribution < 1.29 is 18.0 Å². The molecule has 0 aliphatic heterocycles. The minimum Gasteiger partial charge on any atom is -0.352 e. The number of benzene rings is 2. The van der Waals surface area contributed by atoms with Gasteiger partial charge in [0.2, 0.25) is 0 Å². The SMILES string of the molecule is Cc1nn(-c2ccccc2)c(C)c1C(=O)NCCc1ccc(C(F)(F)F)cc1. The zero-order chi connectivity index (χ0) is 20.3. The molecule has 4 nitrogen and oxygen atoms in total. The lowest BCUT2D eigenvalue weighted by Crippen LogP contribution is -2.26. The van der Waals surface area contributed by atoms with Crippen LogP contribution in [0.5, 0.6) is 0 Å². The van der Waals surface area contributed by atoms with Crippen LogP contribution in [-0.4, -0.2) is 22.2 Å². The summed E-state index contributed by atoms with van der Waals surface area (Å²) in [6.45, 7) is 3.93. The minimum atomic E-state index is -4.35. The summed E-state index contributed by atoms with van der Waals surface area (Å²) in [5.74, 6) is -0.246. The van der Waals surface area contributed by atoms with E-state index in [4.69, 9.17) is 0 Å². The van der Waals surface area contributed by atoms with Gasteiger partial charge in [0.1, 0.15) is 0 Å². The smallest absolute Gasteiger partial charge is 0.352 e. The monoisotopic (exact) mass is 387 g/mol. The van der Waals surface area contributed by atoms with Crippen LogP contribution >= 0.6 is 0 Å². The Hall–Kier alpha value is -3.09.